The van der Waals surface area contributed by atoms with Crippen LogP contribution in [0.3, 0.4) is 0 Å². The summed E-state index contributed by atoms with van der Waals surface area (Å²) in [4.78, 5) is 2.22. The van der Waals surface area contributed by atoms with Crippen molar-refractivity contribution in [3.05, 3.63) is 34.1 Å². The third-order valence-electron chi connectivity index (χ3n) is 2.94. The second-order valence-corrected chi connectivity index (χ2v) is 5.29. The largest absolute Gasteiger partial charge is 0.327 e. The van der Waals surface area contributed by atoms with Crippen molar-refractivity contribution in [2.45, 2.75) is 25.4 Å². The number of halogens is 3. The highest BCUT2D eigenvalue weighted by atomic mass is 79.9. The van der Waals surface area contributed by atoms with E-state index in [0.29, 0.717) is 6.54 Å². The standard InChI is InChI=1S/C12H16BrFN2.ClH/c13-10-3-4-12(14)9(6-10)7-16-5-1-2-11(15)8-16;/h3-4,6,11H,1-2,5,7-8,15H2;1H/t11-;/m1./s1. The van der Waals surface area contributed by atoms with Crippen molar-refractivity contribution < 1.29 is 4.39 Å². The van der Waals surface area contributed by atoms with Gasteiger partial charge in [0.2, 0.25) is 0 Å². The molecule has 1 atom stereocenters. The van der Waals surface area contributed by atoms with Crippen LogP contribution < -0.4 is 5.73 Å². The lowest BCUT2D eigenvalue weighted by molar-refractivity contribution is 0.199. The molecule has 1 saturated heterocycles. The number of nitrogens with zero attached hydrogens (tertiary/aromatic N) is 1. The van der Waals surface area contributed by atoms with Gasteiger partial charge in [-0.25, -0.2) is 4.39 Å². The van der Waals surface area contributed by atoms with Gasteiger partial charge in [0, 0.05) is 29.2 Å². The second-order valence-electron chi connectivity index (χ2n) is 4.37. The summed E-state index contributed by atoms with van der Waals surface area (Å²) in [5.41, 5.74) is 6.64. The maximum absolute atomic E-state index is 13.5. The zero-order chi connectivity index (χ0) is 11.5. The van der Waals surface area contributed by atoms with E-state index in [0.717, 1.165) is 36.0 Å². The van der Waals surface area contributed by atoms with E-state index in [9.17, 15) is 4.39 Å². The third-order valence-corrected chi connectivity index (χ3v) is 3.44. The van der Waals surface area contributed by atoms with Crippen LogP contribution in [-0.4, -0.2) is 24.0 Å². The zero-order valence-electron chi connectivity index (χ0n) is 9.53. The number of hydrogen-bond acceptors (Lipinski definition) is 2. The smallest absolute Gasteiger partial charge is 0.127 e. The first-order chi connectivity index (χ1) is 7.65. The zero-order valence-corrected chi connectivity index (χ0v) is 11.9. The van der Waals surface area contributed by atoms with E-state index in [1.54, 1.807) is 6.07 Å². The molecule has 0 unspecified atom stereocenters. The molecule has 0 aromatic heterocycles. The molecule has 0 amide bonds. The highest BCUT2D eigenvalue weighted by Gasteiger charge is 2.17. The van der Waals surface area contributed by atoms with Crippen molar-refractivity contribution >= 4 is 28.3 Å². The van der Waals surface area contributed by atoms with E-state index < -0.39 is 0 Å². The first kappa shape index (κ1) is 14.9. The summed E-state index contributed by atoms with van der Waals surface area (Å²) >= 11 is 3.36. The van der Waals surface area contributed by atoms with Gasteiger partial charge in [-0.3, -0.25) is 4.90 Å². The molecule has 96 valence electrons. The molecule has 1 aromatic carbocycles. The molecule has 0 radical (unpaired) electrons. The van der Waals surface area contributed by atoms with Crippen LogP contribution in [0.25, 0.3) is 0 Å². The molecule has 1 fully saturated rings. The molecule has 17 heavy (non-hydrogen) atoms. The molecule has 1 aliphatic rings. The molecule has 1 aromatic rings. The summed E-state index contributed by atoms with van der Waals surface area (Å²) in [6.07, 6.45) is 2.19. The lowest BCUT2D eigenvalue weighted by Gasteiger charge is -2.30. The summed E-state index contributed by atoms with van der Waals surface area (Å²) in [5.74, 6) is -0.137. The molecule has 0 spiro atoms. The van der Waals surface area contributed by atoms with Gasteiger partial charge in [-0.2, -0.15) is 0 Å². The number of nitrogens with two attached hydrogens (primary N) is 1. The molecular weight excluding hydrogens is 307 g/mol. The minimum atomic E-state index is -0.137. The van der Waals surface area contributed by atoms with Crippen LogP contribution in [0, 0.1) is 5.82 Å². The number of hydrogen-bond donors (Lipinski definition) is 1. The minimum Gasteiger partial charge on any atom is -0.327 e. The quantitative estimate of drug-likeness (QED) is 0.907. The van der Waals surface area contributed by atoms with Gasteiger partial charge in [0.25, 0.3) is 0 Å². The van der Waals surface area contributed by atoms with Gasteiger partial charge < -0.3 is 5.73 Å². The summed E-state index contributed by atoms with van der Waals surface area (Å²) in [6.45, 7) is 2.53. The summed E-state index contributed by atoms with van der Waals surface area (Å²) in [6, 6.07) is 5.31. The normalized spacial score (nSPS) is 21.0. The number of rotatable bonds is 2. The Hall–Kier alpha value is -0.160. The van der Waals surface area contributed by atoms with Gasteiger partial charge in [-0.05, 0) is 37.6 Å². The third kappa shape index (κ3) is 4.21. The van der Waals surface area contributed by atoms with Crippen molar-refractivity contribution in [3.63, 3.8) is 0 Å². The average Bonchev–Trinajstić information content (AvgIpc) is 2.24. The Labute approximate surface area is 116 Å². The molecular formula is C12H17BrClFN2. The Kier molecular flexibility index (Phi) is 5.86. The molecule has 2 N–H and O–H groups in total. The molecule has 1 heterocycles. The Morgan fingerprint density at radius 1 is 1.47 bits per heavy atom. The summed E-state index contributed by atoms with van der Waals surface area (Å²) in [7, 11) is 0. The molecule has 1 aliphatic heterocycles. The molecule has 2 nitrogen and oxygen atoms in total. The van der Waals surface area contributed by atoms with E-state index >= 15 is 0 Å². The van der Waals surface area contributed by atoms with Crippen LogP contribution in [0.4, 0.5) is 4.39 Å². The van der Waals surface area contributed by atoms with Crippen molar-refractivity contribution in [3.8, 4) is 0 Å². The Morgan fingerprint density at radius 3 is 2.94 bits per heavy atom. The van der Waals surface area contributed by atoms with Crippen molar-refractivity contribution in [2.24, 2.45) is 5.73 Å². The van der Waals surface area contributed by atoms with Crippen LogP contribution in [0.1, 0.15) is 18.4 Å². The summed E-state index contributed by atoms with van der Waals surface area (Å²) < 4.78 is 14.5. The van der Waals surface area contributed by atoms with E-state index in [-0.39, 0.29) is 24.3 Å². The van der Waals surface area contributed by atoms with Gasteiger partial charge in [0.15, 0.2) is 0 Å². The highest BCUT2D eigenvalue weighted by Crippen LogP contribution is 2.19. The van der Waals surface area contributed by atoms with Gasteiger partial charge in [-0.1, -0.05) is 15.9 Å². The average molecular weight is 324 g/mol. The van der Waals surface area contributed by atoms with Gasteiger partial charge in [-0.15, -0.1) is 12.4 Å². The first-order valence-corrected chi connectivity index (χ1v) is 6.36. The monoisotopic (exact) mass is 322 g/mol. The van der Waals surface area contributed by atoms with Gasteiger partial charge >= 0.3 is 0 Å². The van der Waals surface area contributed by atoms with Crippen molar-refractivity contribution in [2.75, 3.05) is 13.1 Å². The number of likely N-dealkylation sites (tertiary alicyclic amines) is 1. The lowest BCUT2D eigenvalue weighted by Crippen LogP contribution is -2.42. The lowest BCUT2D eigenvalue weighted by atomic mass is 10.1. The Balaban J connectivity index is 0.00000144. The minimum absolute atomic E-state index is 0. The molecule has 0 saturated carbocycles. The van der Waals surface area contributed by atoms with Crippen LogP contribution in [0.15, 0.2) is 22.7 Å². The van der Waals surface area contributed by atoms with Crippen LogP contribution in [0.2, 0.25) is 0 Å². The Morgan fingerprint density at radius 2 is 2.24 bits per heavy atom. The van der Waals surface area contributed by atoms with E-state index in [1.165, 1.54) is 6.07 Å². The fraction of sp³-hybridized carbons (Fsp3) is 0.500. The van der Waals surface area contributed by atoms with Crippen molar-refractivity contribution in [1.29, 1.82) is 0 Å². The van der Waals surface area contributed by atoms with Gasteiger partial charge in [0.1, 0.15) is 5.82 Å². The van der Waals surface area contributed by atoms with Crippen molar-refractivity contribution in [1.82, 2.24) is 4.90 Å². The van der Waals surface area contributed by atoms with Crippen LogP contribution >= 0.6 is 28.3 Å². The maximum Gasteiger partial charge on any atom is 0.127 e. The molecule has 5 heteroatoms. The molecule has 0 aliphatic carbocycles. The second kappa shape index (κ2) is 6.69. The highest BCUT2D eigenvalue weighted by molar-refractivity contribution is 9.10. The number of piperidine rings is 1. The Bertz CT molecular complexity index is 376. The maximum atomic E-state index is 13.5. The SMILES string of the molecule is Cl.N[C@@H]1CCCN(Cc2cc(Br)ccc2F)C1. The predicted molar refractivity (Wildman–Crippen MR) is 73.8 cm³/mol. The van der Waals surface area contributed by atoms with Crippen LogP contribution in [0.5, 0.6) is 0 Å². The summed E-state index contributed by atoms with van der Waals surface area (Å²) in [5, 5.41) is 0. The van der Waals surface area contributed by atoms with E-state index in [1.807, 2.05) is 6.07 Å². The topological polar surface area (TPSA) is 29.3 Å². The predicted octanol–water partition coefficient (Wildman–Crippen LogP) is 2.93. The van der Waals surface area contributed by atoms with E-state index in [2.05, 4.69) is 20.8 Å². The van der Waals surface area contributed by atoms with Gasteiger partial charge in [0.05, 0.1) is 0 Å². The molecule has 0 bridgehead atoms. The molecule has 2 rings (SSSR count). The fourth-order valence-corrected chi connectivity index (χ4v) is 2.55. The fourth-order valence-electron chi connectivity index (χ4n) is 2.14. The number of benzene rings is 1. The first-order valence-electron chi connectivity index (χ1n) is 5.57. The van der Waals surface area contributed by atoms with E-state index in [4.69, 9.17) is 5.73 Å². The van der Waals surface area contributed by atoms with Crippen LogP contribution in [-0.2, 0) is 6.54 Å².